The summed E-state index contributed by atoms with van der Waals surface area (Å²) in [6.45, 7) is 2.72. The zero-order chi connectivity index (χ0) is 15.1. The van der Waals surface area contributed by atoms with Gasteiger partial charge in [-0.15, -0.1) is 0 Å². The summed E-state index contributed by atoms with van der Waals surface area (Å²) in [5, 5.41) is 8.69. The van der Waals surface area contributed by atoms with Crippen molar-refractivity contribution in [3.05, 3.63) is 53.9 Å². The Morgan fingerprint density at radius 3 is 2.52 bits per heavy atom. The van der Waals surface area contributed by atoms with Crippen LogP contribution >= 0.6 is 0 Å². The van der Waals surface area contributed by atoms with E-state index in [1.54, 1.807) is 30.5 Å². The predicted molar refractivity (Wildman–Crippen MR) is 77.7 cm³/mol. The third-order valence-corrected chi connectivity index (χ3v) is 2.85. The highest BCUT2D eigenvalue weighted by Crippen LogP contribution is 2.15. The van der Waals surface area contributed by atoms with Crippen molar-refractivity contribution in [3.63, 3.8) is 0 Å². The second-order valence-electron chi connectivity index (χ2n) is 4.50. The van der Waals surface area contributed by atoms with Crippen molar-refractivity contribution in [1.29, 1.82) is 0 Å². The van der Waals surface area contributed by atoms with Gasteiger partial charge in [0.15, 0.2) is 0 Å². The Kier molecular flexibility index (Phi) is 5.15. The number of carbonyl (C=O) groups is 1. The maximum atomic E-state index is 10.6. The van der Waals surface area contributed by atoms with Gasteiger partial charge in [0.2, 0.25) is 0 Å². The number of rotatable bonds is 7. The number of carboxylic acids is 1. The molecule has 0 fully saturated rings. The van der Waals surface area contributed by atoms with Crippen LogP contribution in [0.4, 0.5) is 0 Å². The minimum absolute atomic E-state index is 0.0175. The summed E-state index contributed by atoms with van der Waals surface area (Å²) in [4.78, 5) is 14.7. The number of aromatic nitrogens is 1. The first-order chi connectivity index (χ1) is 10.1. The second kappa shape index (κ2) is 7.28. The summed E-state index contributed by atoms with van der Waals surface area (Å²) in [5.74, 6) is 0.595. The Labute approximate surface area is 123 Å². The Balaban J connectivity index is 1.76. The Bertz CT molecular complexity index is 595. The van der Waals surface area contributed by atoms with Gasteiger partial charge >= 0.3 is 5.97 Å². The van der Waals surface area contributed by atoms with E-state index in [2.05, 4.69) is 4.98 Å². The van der Waals surface area contributed by atoms with Crippen LogP contribution in [0.1, 0.15) is 11.3 Å². The number of ether oxygens (including phenoxy) is 2. The van der Waals surface area contributed by atoms with Crippen LogP contribution in [0, 0.1) is 6.92 Å². The van der Waals surface area contributed by atoms with Gasteiger partial charge in [-0.3, -0.25) is 9.78 Å². The molecule has 0 saturated carbocycles. The highest BCUT2D eigenvalue weighted by atomic mass is 16.5. The largest absolute Gasteiger partial charge is 0.490 e. The molecular weight excluding hydrogens is 270 g/mol. The lowest BCUT2D eigenvalue weighted by Gasteiger charge is -2.09. The summed E-state index contributed by atoms with van der Waals surface area (Å²) >= 11 is 0. The van der Waals surface area contributed by atoms with Crippen LogP contribution < -0.4 is 9.47 Å². The number of nitrogens with zero attached hydrogens (tertiary/aromatic N) is 1. The highest BCUT2D eigenvalue weighted by molar-refractivity contribution is 5.70. The summed E-state index contributed by atoms with van der Waals surface area (Å²) < 4.78 is 11.1. The third-order valence-electron chi connectivity index (χ3n) is 2.85. The maximum Gasteiger partial charge on any atom is 0.307 e. The fraction of sp³-hybridized carbons (Fsp3) is 0.250. The number of benzene rings is 1. The molecule has 0 radical (unpaired) electrons. The molecule has 2 aromatic rings. The summed E-state index contributed by atoms with van der Waals surface area (Å²) in [5.41, 5.74) is 1.59. The van der Waals surface area contributed by atoms with Crippen LogP contribution in [0.2, 0.25) is 0 Å². The Hall–Kier alpha value is -2.56. The number of aliphatic carboxylic acids is 1. The molecule has 5 heteroatoms. The van der Waals surface area contributed by atoms with Crippen molar-refractivity contribution >= 4 is 5.97 Å². The quantitative estimate of drug-likeness (QED) is 0.792. The van der Waals surface area contributed by atoms with Gasteiger partial charge in [0.1, 0.15) is 24.7 Å². The van der Waals surface area contributed by atoms with E-state index < -0.39 is 5.97 Å². The van der Waals surface area contributed by atoms with Crippen molar-refractivity contribution in [2.24, 2.45) is 0 Å². The smallest absolute Gasteiger partial charge is 0.307 e. The lowest BCUT2D eigenvalue weighted by atomic mass is 10.1. The average molecular weight is 287 g/mol. The first-order valence-corrected chi connectivity index (χ1v) is 6.63. The van der Waals surface area contributed by atoms with Gasteiger partial charge < -0.3 is 14.6 Å². The number of hydrogen-bond donors (Lipinski definition) is 1. The molecule has 1 aromatic heterocycles. The molecule has 0 spiro atoms. The fourth-order valence-corrected chi connectivity index (χ4v) is 1.81. The third kappa shape index (κ3) is 4.80. The van der Waals surface area contributed by atoms with E-state index in [1.165, 1.54) is 0 Å². The van der Waals surface area contributed by atoms with Gasteiger partial charge in [-0.2, -0.15) is 0 Å². The zero-order valence-electron chi connectivity index (χ0n) is 11.8. The van der Waals surface area contributed by atoms with Gasteiger partial charge in [-0.25, -0.2) is 0 Å². The molecule has 0 saturated heterocycles. The lowest BCUT2D eigenvalue weighted by Crippen LogP contribution is -2.10. The molecule has 1 heterocycles. The van der Waals surface area contributed by atoms with Crippen LogP contribution in [-0.2, 0) is 11.2 Å². The number of pyridine rings is 1. The molecule has 110 valence electrons. The molecule has 0 aliphatic carbocycles. The Morgan fingerprint density at radius 2 is 1.86 bits per heavy atom. The molecule has 0 atom stereocenters. The summed E-state index contributed by atoms with van der Waals surface area (Å²) in [7, 11) is 0. The Morgan fingerprint density at radius 1 is 1.14 bits per heavy atom. The minimum Gasteiger partial charge on any atom is -0.490 e. The van der Waals surface area contributed by atoms with Crippen molar-refractivity contribution in [2.75, 3.05) is 13.2 Å². The topological polar surface area (TPSA) is 68.7 Å². The highest BCUT2D eigenvalue weighted by Gasteiger charge is 2.02. The number of aryl methyl sites for hydroxylation is 1. The zero-order valence-corrected chi connectivity index (χ0v) is 11.8. The van der Waals surface area contributed by atoms with Crippen molar-refractivity contribution in [1.82, 2.24) is 4.98 Å². The molecule has 1 aromatic carbocycles. The minimum atomic E-state index is -0.844. The monoisotopic (exact) mass is 287 g/mol. The average Bonchev–Trinajstić information content (AvgIpc) is 2.46. The second-order valence-corrected chi connectivity index (χ2v) is 4.50. The molecular formula is C16H17NO4. The van der Waals surface area contributed by atoms with E-state index in [9.17, 15) is 4.79 Å². The normalized spacial score (nSPS) is 10.1. The molecule has 1 N–H and O–H groups in total. The van der Waals surface area contributed by atoms with Crippen molar-refractivity contribution in [2.45, 2.75) is 13.3 Å². The van der Waals surface area contributed by atoms with E-state index in [0.717, 1.165) is 17.0 Å². The van der Waals surface area contributed by atoms with E-state index in [-0.39, 0.29) is 6.42 Å². The van der Waals surface area contributed by atoms with Crippen LogP contribution in [-0.4, -0.2) is 29.3 Å². The van der Waals surface area contributed by atoms with E-state index in [0.29, 0.717) is 19.0 Å². The summed E-state index contributed by atoms with van der Waals surface area (Å²) in [6.07, 6.45) is 1.74. The van der Waals surface area contributed by atoms with Crippen molar-refractivity contribution in [3.8, 4) is 11.5 Å². The standard InChI is InChI=1S/C16H17NO4/c1-12-15(3-2-8-17-12)21-10-9-20-14-6-4-13(5-7-14)11-16(18)19/h2-8H,9-11H2,1H3,(H,18,19). The first-order valence-electron chi connectivity index (χ1n) is 6.63. The van der Waals surface area contributed by atoms with E-state index in [4.69, 9.17) is 14.6 Å². The molecule has 0 bridgehead atoms. The molecule has 5 nitrogen and oxygen atoms in total. The SMILES string of the molecule is Cc1ncccc1OCCOc1ccc(CC(=O)O)cc1. The van der Waals surface area contributed by atoms with Crippen molar-refractivity contribution < 1.29 is 19.4 Å². The molecule has 21 heavy (non-hydrogen) atoms. The van der Waals surface area contributed by atoms with Crippen LogP contribution in [0.15, 0.2) is 42.6 Å². The van der Waals surface area contributed by atoms with Crippen LogP contribution in [0.3, 0.4) is 0 Å². The predicted octanol–water partition coefficient (Wildman–Crippen LogP) is 2.47. The fourth-order valence-electron chi connectivity index (χ4n) is 1.81. The summed E-state index contributed by atoms with van der Waals surface area (Å²) in [6, 6.07) is 10.7. The van der Waals surface area contributed by atoms with Gasteiger partial charge in [0.25, 0.3) is 0 Å². The van der Waals surface area contributed by atoms with Crippen LogP contribution in [0.5, 0.6) is 11.5 Å². The van der Waals surface area contributed by atoms with E-state index >= 15 is 0 Å². The molecule has 0 aliphatic rings. The number of carboxylic acid groups (broad SMARTS) is 1. The van der Waals surface area contributed by atoms with Crippen LogP contribution in [0.25, 0.3) is 0 Å². The molecule has 0 aliphatic heterocycles. The lowest BCUT2D eigenvalue weighted by molar-refractivity contribution is -0.136. The number of hydrogen-bond acceptors (Lipinski definition) is 4. The maximum absolute atomic E-state index is 10.6. The van der Waals surface area contributed by atoms with Gasteiger partial charge in [0.05, 0.1) is 12.1 Å². The molecule has 0 unspecified atom stereocenters. The van der Waals surface area contributed by atoms with E-state index in [1.807, 2.05) is 19.1 Å². The van der Waals surface area contributed by atoms with Gasteiger partial charge in [0, 0.05) is 6.20 Å². The first kappa shape index (κ1) is 14.8. The molecule has 0 amide bonds. The van der Waals surface area contributed by atoms with Gasteiger partial charge in [-0.05, 0) is 36.8 Å². The van der Waals surface area contributed by atoms with Gasteiger partial charge in [-0.1, -0.05) is 12.1 Å². The molecule has 2 rings (SSSR count).